The number of para-hydroxylation sites is 1. The molecular weight excluding hydrogens is 637 g/mol. The molecule has 10 aromatic rings. The highest BCUT2D eigenvalue weighted by molar-refractivity contribution is 6.31. The molecule has 0 unspecified atom stereocenters. The molecule has 0 saturated carbocycles. The van der Waals surface area contributed by atoms with Crippen LogP contribution < -0.4 is 4.74 Å². The van der Waals surface area contributed by atoms with Crippen molar-refractivity contribution in [2.75, 3.05) is 0 Å². The van der Waals surface area contributed by atoms with Crippen LogP contribution in [0.2, 0.25) is 0 Å². The van der Waals surface area contributed by atoms with Gasteiger partial charge in [0.05, 0.1) is 38.7 Å². The average molecular weight is 665 g/mol. The fourth-order valence-electron chi connectivity index (χ4n) is 8.72. The first-order chi connectivity index (χ1) is 25.8. The largest absolute Gasteiger partial charge is 0.456 e. The molecule has 0 fully saturated rings. The van der Waals surface area contributed by atoms with Gasteiger partial charge in [-0.3, -0.25) is 4.57 Å². The van der Waals surface area contributed by atoms with Gasteiger partial charge in [0.2, 0.25) is 5.95 Å². The van der Waals surface area contributed by atoms with Crippen molar-refractivity contribution in [3.05, 3.63) is 158 Å². The summed E-state index contributed by atoms with van der Waals surface area (Å²) in [6.07, 6.45) is 12.0. The number of ether oxygens (including phenoxy) is 1. The van der Waals surface area contributed by atoms with Crippen LogP contribution in [0.25, 0.3) is 99.0 Å². The van der Waals surface area contributed by atoms with Crippen LogP contribution in [0, 0.1) is 0 Å². The first-order valence-electron chi connectivity index (χ1n) is 17.7. The highest BCUT2D eigenvalue weighted by Crippen LogP contribution is 2.48. The summed E-state index contributed by atoms with van der Waals surface area (Å²) in [5, 5.41) is 10.6. The first-order valence-corrected chi connectivity index (χ1v) is 17.7. The van der Waals surface area contributed by atoms with E-state index >= 15 is 0 Å². The van der Waals surface area contributed by atoms with E-state index < -0.39 is 0 Å². The third-order valence-corrected chi connectivity index (χ3v) is 10.9. The third kappa shape index (κ3) is 3.66. The second-order valence-electron chi connectivity index (χ2n) is 13.7. The Morgan fingerprint density at radius 3 is 1.98 bits per heavy atom. The topological polar surface area (TPSA) is 44.9 Å². The summed E-state index contributed by atoms with van der Waals surface area (Å²) in [6, 6.07) is 45.3. The van der Waals surface area contributed by atoms with E-state index in [1.165, 1.54) is 43.2 Å². The number of allylic oxidation sites excluding steroid dienone is 6. The fraction of sp³-hybridized carbons (Fsp3) is 0.0213. The standard InChI is InChI=1S/C47H28N4O/c1-2-4-15-30(14-3-1)50-37-26-22-28-12-5-7-16-31(28)41(37)34-24-25-35-42-32-17-8-6-13-29(32)23-27-38(42)51(46(35)45(34)50)47-48-36-19-11-21-40-43(36)44(49-47)33-18-9-10-20-39(33)52-40/h1,3-27H,2H2. The number of benzene rings is 7. The van der Waals surface area contributed by atoms with Gasteiger partial charge < -0.3 is 9.30 Å². The molecule has 0 spiro atoms. The molecule has 0 bridgehead atoms. The van der Waals surface area contributed by atoms with Crippen molar-refractivity contribution in [1.82, 2.24) is 19.1 Å². The summed E-state index contributed by atoms with van der Waals surface area (Å²) in [6.45, 7) is 0. The van der Waals surface area contributed by atoms with Crippen molar-refractivity contribution in [1.29, 1.82) is 0 Å². The van der Waals surface area contributed by atoms with Crippen LogP contribution >= 0.6 is 0 Å². The Bertz CT molecular complexity index is 3300. The Morgan fingerprint density at radius 1 is 0.519 bits per heavy atom. The molecule has 0 saturated heterocycles. The predicted molar refractivity (Wildman–Crippen MR) is 215 cm³/mol. The molecule has 7 aromatic carbocycles. The highest BCUT2D eigenvalue weighted by Gasteiger charge is 2.27. The van der Waals surface area contributed by atoms with Crippen molar-refractivity contribution in [3.8, 4) is 28.7 Å². The summed E-state index contributed by atoms with van der Waals surface area (Å²) in [4.78, 5) is 10.9. The Hall–Kier alpha value is -6.98. The third-order valence-electron chi connectivity index (χ3n) is 10.9. The summed E-state index contributed by atoms with van der Waals surface area (Å²) in [5.41, 5.74) is 8.25. The molecule has 0 radical (unpaired) electrons. The second kappa shape index (κ2) is 10.3. The minimum Gasteiger partial charge on any atom is -0.456 e. The molecule has 5 heteroatoms. The van der Waals surface area contributed by atoms with Crippen molar-refractivity contribution in [2.24, 2.45) is 0 Å². The van der Waals surface area contributed by atoms with Crippen LogP contribution in [-0.4, -0.2) is 19.1 Å². The van der Waals surface area contributed by atoms with Gasteiger partial charge in [-0.2, -0.15) is 0 Å². The van der Waals surface area contributed by atoms with Gasteiger partial charge in [-0.1, -0.05) is 109 Å². The van der Waals surface area contributed by atoms with Gasteiger partial charge >= 0.3 is 0 Å². The number of rotatable bonds is 2. The van der Waals surface area contributed by atoms with Crippen molar-refractivity contribution in [2.45, 2.75) is 6.42 Å². The average Bonchev–Trinajstić information content (AvgIpc) is 3.58. The molecule has 52 heavy (non-hydrogen) atoms. The number of hydrogen-bond acceptors (Lipinski definition) is 3. The van der Waals surface area contributed by atoms with Crippen LogP contribution in [0.15, 0.2) is 158 Å². The molecule has 1 aliphatic carbocycles. The van der Waals surface area contributed by atoms with Crippen LogP contribution in [0.4, 0.5) is 0 Å². The number of hydrogen-bond donors (Lipinski definition) is 0. The van der Waals surface area contributed by atoms with Gasteiger partial charge in [0.15, 0.2) is 0 Å². The lowest BCUT2D eigenvalue weighted by Crippen LogP contribution is -2.07. The van der Waals surface area contributed by atoms with E-state index in [1.54, 1.807) is 0 Å². The van der Waals surface area contributed by atoms with Gasteiger partial charge in [0, 0.05) is 32.8 Å². The van der Waals surface area contributed by atoms with E-state index in [1.807, 2.05) is 30.3 Å². The van der Waals surface area contributed by atoms with Crippen LogP contribution in [0.3, 0.4) is 0 Å². The molecule has 242 valence electrons. The van der Waals surface area contributed by atoms with E-state index in [-0.39, 0.29) is 0 Å². The number of fused-ring (bicyclic) bond motifs is 13. The molecule has 0 amide bonds. The molecule has 12 rings (SSSR count). The summed E-state index contributed by atoms with van der Waals surface area (Å²) >= 11 is 0. The highest BCUT2D eigenvalue weighted by atomic mass is 16.5. The van der Waals surface area contributed by atoms with E-state index in [0.717, 1.165) is 67.7 Å². The van der Waals surface area contributed by atoms with E-state index in [0.29, 0.717) is 5.95 Å². The lowest BCUT2D eigenvalue weighted by molar-refractivity contribution is 0.486. The van der Waals surface area contributed by atoms with Crippen molar-refractivity contribution < 1.29 is 4.74 Å². The zero-order chi connectivity index (χ0) is 33.9. The normalized spacial score (nSPS) is 13.8. The summed E-state index contributed by atoms with van der Waals surface area (Å²) < 4.78 is 11.1. The van der Waals surface area contributed by atoms with Crippen LogP contribution in [0.5, 0.6) is 11.5 Å². The smallest absolute Gasteiger partial charge is 0.235 e. The Kier molecular flexibility index (Phi) is 5.50. The summed E-state index contributed by atoms with van der Waals surface area (Å²) in [5.74, 6) is 2.21. The van der Waals surface area contributed by atoms with Gasteiger partial charge in [0.1, 0.15) is 11.5 Å². The molecule has 5 nitrogen and oxygen atoms in total. The van der Waals surface area contributed by atoms with Crippen LogP contribution in [0.1, 0.15) is 6.42 Å². The zero-order valence-corrected chi connectivity index (χ0v) is 27.9. The molecule has 2 aliphatic rings. The molecule has 3 aromatic heterocycles. The molecule has 1 aliphatic heterocycles. The maximum Gasteiger partial charge on any atom is 0.235 e. The number of nitrogens with zero attached hydrogens (tertiary/aromatic N) is 4. The SMILES string of the molecule is C1=CCC=CC(n2c3ccc4ccccc4c3c3ccc4c5c6ccccc6ccc5n(-c5nc6c7c(cccc7n5)Oc5ccccc5-6)c4c32)=C1. The minimum absolute atomic E-state index is 0.631. The van der Waals surface area contributed by atoms with E-state index in [2.05, 4.69) is 137 Å². The van der Waals surface area contributed by atoms with Gasteiger partial charge in [-0.15, -0.1) is 0 Å². The van der Waals surface area contributed by atoms with Crippen molar-refractivity contribution >= 4 is 81.8 Å². The molecular formula is C47H28N4O. The molecule has 0 N–H and O–H groups in total. The Morgan fingerprint density at radius 2 is 1.19 bits per heavy atom. The predicted octanol–water partition coefficient (Wildman–Crippen LogP) is 12.3. The maximum absolute atomic E-state index is 6.38. The zero-order valence-electron chi connectivity index (χ0n) is 27.9. The molecule has 4 heterocycles. The Labute approximate surface area is 297 Å². The van der Waals surface area contributed by atoms with Gasteiger partial charge in [-0.05, 0) is 76.5 Å². The van der Waals surface area contributed by atoms with Gasteiger partial charge in [0.25, 0.3) is 0 Å². The first kappa shape index (κ1) is 27.8. The Balaban J connectivity index is 1.34. The number of aromatic nitrogens is 4. The summed E-state index contributed by atoms with van der Waals surface area (Å²) in [7, 11) is 0. The maximum atomic E-state index is 6.38. The van der Waals surface area contributed by atoms with Gasteiger partial charge in [-0.25, -0.2) is 9.97 Å². The monoisotopic (exact) mass is 664 g/mol. The second-order valence-corrected chi connectivity index (χ2v) is 13.7. The quantitative estimate of drug-likeness (QED) is 0.185. The fourth-order valence-corrected chi connectivity index (χ4v) is 8.72. The molecule has 0 atom stereocenters. The van der Waals surface area contributed by atoms with E-state index in [4.69, 9.17) is 14.7 Å². The van der Waals surface area contributed by atoms with Crippen molar-refractivity contribution in [3.63, 3.8) is 0 Å². The minimum atomic E-state index is 0.631. The van der Waals surface area contributed by atoms with E-state index in [9.17, 15) is 0 Å². The lowest BCUT2D eigenvalue weighted by atomic mass is 10.0. The lowest BCUT2D eigenvalue weighted by Gasteiger charge is -2.21. The van der Waals surface area contributed by atoms with Crippen LogP contribution in [-0.2, 0) is 0 Å².